The number of hydrogen-bond acceptors (Lipinski definition) is 7. The number of nitrogens with one attached hydrogen (secondary N) is 2. The zero-order valence-electron chi connectivity index (χ0n) is 37.5. The van der Waals surface area contributed by atoms with Crippen LogP contribution in [0.2, 0.25) is 0 Å². The second-order valence-corrected chi connectivity index (χ2v) is 20.7. The minimum absolute atomic E-state index is 0.0534. The van der Waals surface area contributed by atoms with Crippen LogP contribution in [0.5, 0.6) is 0 Å². The number of aliphatic hydroxyl groups excluding tert-OH is 1. The van der Waals surface area contributed by atoms with Gasteiger partial charge in [-0.1, -0.05) is 106 Å². The molecular weight excluding hydrogens is 816 g/mol. The molecule has 0 saturated heterocycles. The molecule has 338 valence electrons. The summed E-state index contributed by atoms with van der Waals surface area (Å²) >= 11 is 7.27. The minimum atomic E-state index is -3.99. The van der Waals surface area contributed by atoms with Crippen molar-refractivity contribution in [1.29, 1.82) is 0 Å². The number of anilines is 2. The van der Waals surface area contributed by atoms with E-state index in [1.54, 1.807) is 0 Å². The quantitative estimate of drug-likeness (QED) is 0.0476. The lowest BCUT2D eigenvalue weighted by atomic mass is 9.80. The van der Waals surface area contributed by atoms with Crippen molar-refractivity contribution >= 4 is 39.0 Å². The van der Waals surface area contributed by atoms with Crippen LogP contribution in [0.25, 0.3) is 0 Å². The topological polar surface area (TPSA) is 122 Å². The van der Waals surface area contributed by atoms with Gasteiger partial charge in [-0.25, -0.2) is 0 Å². The first kappa shape index (κ1) is 47.8. The van der Waals surface area contributed by atoms with Crippen molar-refractivity contribution in [2.75, 3.05) is 35.2 Å². The highest BCUT2D eigenvalue weighted by atomic mass is 35.5. The first-order chi connectivity index (χ1) is 29.7. The molecule has 3 atom stereocenters. The molecule has 11 heteroatoms. The van der Waals surface area contributed by atoms with E-state index in [0.717, 1.165) is 99.0 Å². The van der Waals surface area contributed by atoms with Gasteiger partial charge >= 0.3 is 0 Å². The summed E-state index contributed by atoms with van der Waals surface area (Å²) in [7, 11) is -3.99. The van der Waals surface area contributed by atoms with Crippen LogP contribution >= 0.6 is 11.6 Å². The SMILES string of the molecule is CC1(C)/C(=C\C=C2/CCCC(/C=C/C3N(CCCCS(=O)(=O)O)c4ccccc4C3(C)C)=C2Cl)N(CCCNC(O)CCCCC(=O)NC2CC/C=C/CCC2)c2ccccc21. The predicted molar refractivity (Wildman–Crippen MR) is 256 cm³/mol. The smallest absolute Gasteiger partial charge is 0.264 e. The summed E-state index contributed by atoms with van der Waals surface area (Å²) in [5.41, 5.74) is 8.05. The molecule has 4 N–H and O–H groups in total. The van der Waals surface area contributed by atoms with Crippen LogP contribution in [0.3, 0.4) is 0 Å². The fourth-order valence-electron chi connectivity index (χ4n) is 9.95. The molecule has 2 aliphatic heterocycles. The normalized spacial score (nSPS) is 23.4. The van der Waals surface area contributed by atoms with Crippen LogP contribution in [-0.2, 0) is 25.7 Å². The number of rotatable bonds is 19. The molecule has 2 aromatic rings. The van der Waals surface area contributed by atoms with Crippen LogP contribution in [0.1, 0.15) is 135 Å². The molecule has 3 unspecified atom stereocenters. The van der Waals surface area contributed by atoms with Gasteiger partial charge in [0.15, 0.2) is 0 Å². The number of aliphatic hydroxyl groups is 1. The van der Waals surface area contributed by atoms with Crippen molar-refractivity contribution in [3.63, 3.8) is 0 Å². The third-order valence-electron chi connectivity index (χ3n) is 13.4. The zero-order chi connectivity index (χ0) is 44.3. The molecule has 0 radical (unpaired) electrons. The Bertz CT molecular complexity index is 2120. The Kier molecular flexibility index (Phi) is 16.8. The third-order valence-corrected chi connectivity index (χ3v) is 14.7. The molecule has 2 aromatic carbocycles. The number of benzene rings is 2. The molecule has 0 aromatic heterocycles. The van der Waals surface area contributed by atoms with Crippen molar-refractivity contribution < 1.29 is 22.9 Å². The van der Waals surface area contributed by atoms with Gasteiger partial charge in [0, 0.05) is 58.5 Å². The molecule has 2 heterocycles. The molecule has 0 saturated carbocycles. The maximum Gasteiger partial charge on any atom is 0.264 e. The highest BCUT2D eigenvalue weighted by Gasteiger charge is 2.43. The molecular formula is C51H71ClN4O5S. The van der Waals surface area contributed by atoms with Crippen molar-refractivity contribution in [2.45, 2.75) is 153 Å². The number of allylic oxidation sites excluding steroid dienone is 9. The van der Waals surface area contributed by atoms with Crippen LogP contribution in [0.15, 0.2) is 107 Å². The summed E-state index contributed by atoms with van der Waals surface area (Å²) in [4.78, 5) is 17.4. The van der Waals surface area contributed by atoms with E-state index in [1.807, 2.05) is 0 Å². The highest BCUT2D eigenvalue weighted by Crippen LogP contribution is 2.49. The lowest BCUT2D eigenvalue weighted by molar-refractivity contribution is -0.122. The van der Waals surface area contributed by atoms with Crippen LogP contribution in [-0.4, -0.2) is 67.7 Å². The van der Waals surface area contributed by atoms with E-state index in [2.05, 4.69) is 133 Å². The highest BCUT2D eigenvalue weighted by molar-refractivity contribution is 7.85. The lowest BCUT2D eigenvalue weighted by Crippen LogP contribution is -2.40. The molecule has 62 heavy (non-hydrogen) atoms. The van der Waals surface area contributed by atoms with E-state index in [-0.39, 0.29) is 34.6 Å². The van der Waals surface area contributed by atoms with E-state index in [9.17, 15) is 22.9 Å². The zero-order valence-corrected chi connectivity index (χ0v) is 39.1. The largest absolute Gasteiger partial charge is 0.379 e. The van der Waals surface area contributed by atoms with Gasteiger partial charge in [0.1, 0.15) is 6.23 Å². The molecule has 0 bridgehead atoms. The fourth-order valence-corrected chi connectivity index (χ4v) is 10.8. The van der Waals surface area contributed by atoms with Crippen LogP contribution in [0, 0.1) is 0 Å². The average molecular weight is 888 g/mol. The number of amides is 1. The van der Waals surface area contributed by atoms with Gasteiger partial charge in [-0.3, -0.25) is 14.7 Å². The van der Waals surface area contributed by atoms with E-state index in [4.69, 9.17) is 11.6 Å². The van der Waals surface area contributed by atoms with E-state index in [0.29, 0.717) is 38.8 Å². The molecule has 0 spiro atoms. The standard InChI is InChI=1S/C51H71ClN4O5S/c1-50(2)41-24-10-12-26-43(41)55(35-16-17-37-62(59,60)61)45(50)32-30-38-20-18-21-39(49(38)52)31-33-46-51(3,4)42-25-11-13-27-44(42)56(46)36-19-34-53-47(57)28-14-15-29-48(58)54-40-22-8-6-5-7-9-23-40/h5-6,10-13,24-27,30-33,40,45,47,53,57H,7-9,14-23,28-29,34-37H2,1-4H3,(H,54,58)(H,59,60,61)/b6-5+,32-30+,39-31+,46-33+. The number of fused-ring (bicyclic) bond motifs is 2. The Labute approximate surface area is 377 Å². The molecule has 1 amide bonds. The Hall–Kier alpha value is -3.67. The van der Waals surface area contributed by atoms with Crippen LogP contribution in [0.4, 0.5) is 11.4 Å². The number of carbonyl (C=O) groups is 1. The molecule has 4 aliphatic rings. The summed E-state index contributed by atoms with van der Waals surface area (Å²) in [6.07, 6.45) is 25.6. The van der Waals surface area contributed by atoms with Gasteiger partial charge in [-0.2, -0.15) is 8.42 Å². The van der Waals surface area contributed by atoms with Gasteiger partial charge in [-0.15, -0.1) is 0 Å². The van der Waals surface area contributed by atoms with Crippen molar-refractivity contribution in [3.05, 3.63) is 118 Å². The third kappa shape index (κ3) is 12.3. The number of carbonyl (C=O) groups excluding carboxylic acids is 1. The summed E-state index contributed by atoms with van der Waals surface area (Å²) in [6.45, 7) is 11.3. The van der Waals surface area contributed by atoms with E-state index in [1.165, 1.54) is 22.5 Å². The van der Waals surface area contributed by atoms with Crippen molar-refractivity contribution in [1.82, 2.24) is 10.6 Å². The number of nitrogens with zero attached hydrogens (tertiary/aromatic N) is 2. The lowest BCUT2D eigenvalue weighted by Gasteiger charge is -2.33. The Morgan fingerprint density at radius 3 is 2.42 bits per heavy atom. The van der Waals surface area contributed by atoms with Gasteiger partial charge in [0.05, 0.1) is 11.8 Å². The molecule has 0 fully saturated rings. The maximum absolute atomic E-state index is 12.6. The molecule has 6 rings (SSSR count). The Morgan fingerprint density at radius 1 is 0.887 bits per heavy atom. The van der Waals surface area contributed by atoms with Gasteiger partial charge in [0.25, 0.3) is 10.1 Å². The van der Waals surface area contributed by atoms with Gasteiger partial charge < -0.3 is 20.2 Å². The fraction of sp³-hybridized carbons (Fsp3) is 0.549. The van der Waals surface area contributed by atoms with Gasteiger partial charge in [0.2, 0.25) is 5.91 Å². The second kappa shape index (κ2) is 21.8. The predicted octanol–water partition coefficient (Wildman–Crippen LogP) is 10.5. The number of hydrogen-bond donors (Lipinski definition) is 4. The summed E-state index contributed by atoms with van der Waals surface area (Å²) in [6, 6.07) is 17.4. The number of unbranched alkanes of at least 4 members (excludes halogenated alkanes) is 2. The van der Waals surface area contributed by atoms with Gasteiger partial charge in [-0.05, 0) is 137 Å². The Morgan fingerprint density at radius 2 is 1.63 bits per heavy atom. The van der Waals surface area contributed by atoms with Crippen molar-refractivity contribution in [2.24, 2.45) is 0 Å². The molecule has 9 nitrogen and oxygen atoms in total. The molecule has 2 aliphatic carbocycles. The minimum Gasteiger partial charge on any atom is -0.379 e. The maximum atomic E-state index is 12.6. The van der Waals surface area contributed by atoms with E-state index < -0.39 is 16.3 Å². The monoisotopic (exact) mass is 886 g/mol. The van der Waals surface area contributed by atoms with Crippen molar-refractivity contribution in [3.8, 4) is 0 Å². The second-order valence-electron chi connectivity index (χ2n) is 18.8. The average Bonchev–Trinajstić information content (AvgIpc) is 3.57. The summed E-state index contributed by atoms with van der Waals surface area (Å²) in [5, 5.41) is 18.1. The van der Waals surface area contributed by atoms with Crippen LogP contribution < -0.4 is 20.4 Å². The Balaban J connectivity index is 1.07. The first-order valence-corrected chi connectivity index (χ1v) is 25.2. The number of halogens is 1. The summed E-state index contributed by atoms with van der Waals surface area (Å²) in [5.74, 6) is -0.102. The first-order valence-electron chi connectivity index (χ1n) is 23.2. The summed E-state index contributed by atoms with van der Waals surface area (Å²) < 4.78 is 32.1. The number of para-hydroxylation sites is 2. The van der Waals surface area contributed by atoms with E-state index >= 15 is 0 Å².